The van der Waals surface area contributed by atoms with E-state index in [2.05, 4.69) is 27.2 Å². The van der Waals surface area contributed by atoms with Crippen molar-refractivity contribution >= 4 is 28.9 Å². The number of rotatable bonds is 6. The number of ether oxygens (including phenoxy) is 1. The van der Waals surface area contributed by atoms with E-state index >= 15 is 0 Å². The van der Waals surface area contributed by atoms with Gasteiger partial charge < -0.3 is 25.0 Å². The van der Waals surface area contributed by atoms with E-state index in [1.54, 1.807) is 12.1 Å². The third kappa shape index (κ3) is 4.57. The van der Waals surface area contributed by atoms with Crippen molar-refractivity contribution in [3.05, 3.63) is 54.1 Å². The summed E-state index contributed by atoms with van der Waals surface area (Å²) >= 11 is 0. The number of amides is 1. The first-order valence-electron chi connectivity index (χ1n) is 8.79. The second-order valence-electron chi connectivity index (χ2n) is 6.33. The van der Waals surface area contributed by atoms with Crippen LogP contribution in [0.5, 0.6) is 0 Å². The second-order valence-corrected chi connectivity index (χ2v) is 6.33. The summed E-state index contributed by atoms with van der Waals surface area (Å²) in [6.07, 6.45) is 0. The van der Waals surface area contributed by atoms with E-state index in [-0.39, 0.29) is 23.8 Å². The normalized spacial score (nSPS) is 14.1. The zero-order valence-corrected chi connectivity index (χ0v) is 15.2. The highest BCUT2D eigenvalue weighted by atomic mass is 16.5. The van der Waals surface area contributed by atoms with Gasteiger partial charge in [-0.3, -0.25) is 4.79 Å². The van der Waals surface area contributed by atoms with Crippen molar-refractivity contribution in [3.8, 4) is 0 Å². The number of hydrogen-bond donors (Lipinski definition) is 2. The molecule has 1 saturated heterocycles. The molecule has 2 aromatic carbocycles. The van der Waals surface area contributed by atoms with E-state index in [0.717, 1.165) is 31.9 Å². The molecule has 27 heavy (non-hydrogen) atoms. The Labute approximate surface area is 158 Å². The topological polar surface area (TPSA) is 82.1 Å². The van der Waals surface area contributed by atoms with E-state index in [9.17, 15) is 14.7 Å². The Hall–Kier alpha value is -3.06. The van der Waals surface area contributed by atoms with Gasteiger partial charge in [-0.15, -0.1) is 0 Å². The maximum atomic E-state index is 11.7. The number of carbonyl (C=O) groups excluding carboxylic acids is 1. The lowest BCUT2D eigenvalue weighted by atomic mass is 10.1. The van der Waals surface area contributed by atoms with Gasteiger partial charge >= 0.3 is 5.97 Å². The molecule has 1 heterocycles. The summed E-state index contributed by atoms with van der Waals surface area (Å²) in [7, 11) is 1.41. The number of methoxy groups -OCH3 is 1. The quantitative estimate of drug-likeness (QED) is 0.813. The maximum Gasteiger partial charge on any atom is 0.337 e. The van der Waals surface area contributed by atoms with Gasteiger partial charge in [0.1, 0.15) is 6.61 Å². The molecule has 1 aliphatic rings. The van der Waals surface area contributed by atoms with Gasteiger partial charge in [-0.05, 0) is 30.3 Å². The fraction of sp³-hybridized carbons (Fsp3) is 0.300. The first kappa shape index (κ1) is 18.7. The van der Waals surface area contributed by atoms with Gasteiger partial charge in [0.05, 0.1) is 11.3 Å². The van der Waals surface area contributed by atoms with Crippen LogP contribution in [-0.2, 0) is 9.53 Å². The van der Waals surface area contributed by atoms with E-state index in [0.29, 0.717) is 0 Å². The van der Waals surface area contributed by atoms with Crippen molar-refractivity contribution in [2.75, 3.05) is 55.0 Å². The maximum absolute atomic E-state index is 11.7. The van der Waals surface area contributed by atoms with Crippen LogP contribution in [0.4, 0.5) is 17.1 Å². The Balaban J connectivity index is 1.71. The number of carboxylic acid groups (broad SMARTS) is 1. The third-order valence-corrected chi connectivity index (χ3v) is 4.55. The molecule has 142 valence electrons. The highest BCUT2D eigenvalue weighted by Gasteiger charge is 2.20. The molecule has 0 spiro atoms. The van der Waals surface area contributed by atoms with Crippen LogP contribution in [0.1, 0.15) is 10.4 Å². The van der Waals surface area contributed by atoms with E-state index in [1.807, 2.05) is 24.3 Å². The number of nitrogens with zero attached hydrogens (tertiary/aromatic N) is 2. The standard InChI is InChI=1S/C20H23N3O4/c1-27-14-19(24)21-18-8-7-16(13-17(18)20(25)26)23-11-9-22(10-12-23)15-5-3-2-4-6-15/h2-8,13H,9-12,14H2,1H3,(H,21,24)(H,25,26). The molecule has 1 fully saturated rings. The molecule has 3 rings (SSSR count). The first-order chi connectivity index (χ1) is 13.1. The van der Waals surface area contributed by atoms with Crippen LogP contribution in [0.3, 0.4) is 0 Å². The zero-order valence-electron chi connectivity index (χ0n) is 15.2. The van der Waals surface area contributed by atoms with Crippen LogP contribution in [0.15, 0.2) is 48.5 Å². The molecular weight excluding hydrogens is 346 g/mol. The monoisotopic (exact) mass is 369 g/mol. The fourth-order valence-corrected chi connectivity index (χ4v) is 3.19. The van der Waals surface area contributed by atoms with Gasteiger partial charge in [0, 0.05) is 44.7 Å². The number of carboxylic acids is 1. The number of hydrogen-bond acceptors (Lipinski definition) is 5. The molecule has 0 bridgehead atoms. The molecule has 2 N–H and O–H groups in total. The average molecular weight is 369 g/mol. The van der Waals surface area contributed by atoms with E-state index < -0.39 is 5.97 Å². The predicted octanol–water partition coefficient (Wildman–Crippen LogP) is 2.30. The minimum atomic E-state index is -1.08. The number of para-hydroxylation sites is 1. The third-order valence-electron chi connectivity index (χ3n) is 4.55. The largest absolute Gasteiger partial charge is 0.478 e. The van der Waals surface area contributed by atoms with Crippen molar-refractivity contribution in [1.82, 2.24) is 0 Å². The lowest BCUT2D eigenvalue weighted by molar-refractivity contribution is -0.119. The van der Waals surface area contributed by atoms with E-state index in [1.165, 1.54) is 12.8 Å². The minimum absolute atomic E-state index is 0.0717. The summed E-state index contributed by atoms with van der Waals surface area (Å²) in [5.74, 6) is -1.46. The summed E-state index contributed by atoms with van der Waals surface area (Å²) in [6.45, 7) is 3.19. The van der Waals surface area contributed by atoms with Gasteiger partial charge in [0.15, 0.2) is 0 Å². The molecular formula is C20H23N3O4. The zero-order chi connectivity index (χ0) is 19.2. The summed E-state index contributed by atoms with van der Waals surface area (Å²) in [4.78, 5) is 27.8. The number of carbonyl (C=O) groups is 2. The Morgan fingerprint density at radius 1 is 1.00 bits per heavy atom. The van der Waals surface area contributed by atoms with Crippen molar-refractivity contribution < 1.29 is 19.4 Å². The Morgan fingerprint density at radius 3 is 2.22 bits per heavy atom. The van der Waals surface area contributed by atoms with Gasteiger partial charge in [-0.2, -0.15) is 0 Å². The number of benzene rings is 2. The molecule has 0 aliphatic carbocycles. The van der Waals surface area contributed by atoms with Crippen LogP contribution in [0, 0.1) is 0 Å². The van der Waals surface area contributed by atoms with Gasteiger partial charge in [-0.25, -0.2) is 4.79 Å². The predicted molar refractivity (Wildman–Crippen MR) is 105 cm³/mol. The molecule has 0 atom stereocenters. The van der Waals surface area contributed by atoms with Crippen LogP contribution >= 0.6 is 0 Å². The molecule has 1 aliphatic heterocycles. The van der Waals surface area contributed by atoms with Crippen molar-refractivity contribution in [1.29, 1.82) is 0 Å². The second kappa shape index (κ2) is 8.55. The van der Waals surface area contributed by atoms with Crippen molar-refractivity contribution in [3.63, 3.8) is 0 Å². The van der Waals surface area contributed by atoms with Gasteiger partial charge in [0.2, 0.25) is 5.91 Å². The minimum Gasteiger partial charge on any atom is -0.478 e. The highest BCUT2D eigenvalue weighted by molar-refractivity contribution is 6.01. The Bertz CT molecular complexity index is 802. The molecule has 1 amide bonds. The lowest BCUT2D eigenvalue weighted by Gasteiger charge is -2.37. The molecule has 0 unspecified atom stereocenters. The highest BCUT2D eigenvalue weighted by Crippen LogP contribution is 2.25. The van der Waals surface area contributed by atoms with Crippen molar-refractivity contribution in [2.24, 2.45) is 0 Å². The molecule has 2 aromatic rings. The number of aromatic carboxylic acids is 1. The van der Waals surface area contributed by atoms with Crippen LogP contribution in [0.2, 0.25) is 0 Å². The van der Waals surface area contributed by atoms with E-state index in [4.69, 9.17) is 4.74 Å². The number of piperazine rings is 1. The van der Waals surface area contributed by atoms with Crippen LogP contribution < -0.4 is 15.1 Å². The first-order valence-corrected chi connectivity index (χ1v) is 8.79. The number of nitrogens with one attached hydrogen (secondary N) is 1. The molecule has 7 heteroatoms. The fourth-order valence-electron chi connectivity index (χ4n) is 3.19. The molecule has 0 radical (unpaired) electrons. The van der Waals surface area contributed by atoms with Gasteiger partial charge in [0.25, 0.3) is 0 Å². The summed E-state index contributed by atoms with van der Waals surface area (Å²) in [5.41, 5.74) is 2.38. The molecule has 7 nitrogen and oxygen atoms in total. The Morgan fingerprint density at radius 2 is 1.63 bits per heavy atom. The van der Waals surface area contributed by atoms with Crippen LogP contribution in [0.25, 0.3) is 0 Å². The SMILES string of the molecule is COCC(=O)Nc1ccc(N2CCN(c3ccccc3)CC2)cc1C(=O)O. The van der Waals surface area contributed by atoms with Crippen molar-refractivity contribution in [2.45, 2.75) is 0 Å². The lowest BCUT2D eigenvalue weighted by Crippen LogP contribution is -2.46. The Kier molecular flexibility index (Phi) is 5.93. The average Bonchev–Trinajstić information content (AvgIpc) is 2.69. The summed E-state index contributed by atoms with van der Waals surface area (Å²) < 4.78 is 4.77. The number of anilines is 3. The molecule has 0 aromatic heterocycles. The van der Waals surface area contributed by atoms with Crippen LogP contribution in [-0.4, -0.2) is 56.9 Å². The smallest absolute Gasteiger partial charge is 0.337 e. The van der Waals surface area contributed by atoms with Gasteiger partial charge in [-0.1, -0.05) is 18.2 Å². The molecule has 0 saturated carbocycles. The summed E-state index contributed by atoms with van der Waals surface area (Å²) in [6, 6.07) is 15.3. The summed E-state index contributed by atoms with van der Waals surface area (Å²) in [5, 5.41) is 12.1.